The van der Waals surface area contributed by atoms with Gasteiger partial charge in [-0.3, -0.25) is 9.59 Å². The molecule has 3 nitrogen and oxygen atoms in total. The lowest BCUT2D eigenvalue weighted by Gasteiger charge is -2.08. The third-order valence-electron chi connectivity index (χ3n) is 2.13. The average molecular weight is 241 g/mol. The van der Waals surface area contributed by atoms with Gasteiger partial charge in [-0.25, -0.2) is 0 Å². The quantitative estimate of drug-likeness (QED) is 0.600. The Kier molecular flexibility index (Phi) is 4.50. The van der Waals surface area contributed by atoms with Crippen molar-refractivity contribution in [2.45, 2.75) is 20.3 Å². The van der Waals surface area contributed by atoms with Gasteiger partial charge in [0.05, 0.1) is 13.0 Å². The maximum absolute atomic E-state index is 11.3. The first-order chi connectivity index (χ1) is 7.58. The van der Waals surface area contributed by atoms with Gasteiger partial charge in [-0.2, -0.15) is 0 Å². The van der Waals surface area contributed by atoms with Gasteiger partial charge < -0.3 is 4.74 Å². The summed E-state index contributed by atoms with van der Waals surface area (Å²) in [4.78, 5) is 22.2. The summed E-state index contributed by atoms with van der Waals surface area (Å²) in [6, 6.07) is 3.43. The monoisotopic (exact) mass is 240 g/mol. The molecule has 16 heavy (non-hydrogen) atoms. The molecule has 1 aromatic rings. The second-order valence-electron chi connectivity index (χ2n) is 3.41. The molecule has 0 spiro atoms. The number of aldehydes is 1. The first-order valence-electron chi connectivity index (χ1n) is 4.98. The van der Waals surface area contributed by atoms with Crippen molar-refractivity contribution < 1.29 is 14.3 Å². The Morgan fingerprint density at radius 2 is 2.19 bits per heavy atom. The van der Waals surface area contributed by atoms with Crippen LogP contribution in [0.15, 0.2) is 12.1 Å². The third kappa shape index (κ3) is 3.07. The number of rotatable bonds is 4. The Bertz CT molecular complexity index is 413. The molecular formula is C12H13ClO3. The lowest BCUT2D eigenvalue weighted by Crippen LogP contribution is -2.10. The predicted molar refractivity (Wildman–Crippen MR) is 61.9 cm³/mol. The average Bonchev–Trinajstić information content (AvgIpc) is 2.22. The normalized spacial score (nSPS) is 9.94. The van der Waals surface area contributed by atoms with E-state index in [1.54, 1.807) is 19.1 Å². The fourth-order valence-corrected chi connectivity index (χ4v) is 1.79. The molecule has 0 aliphatic carbocycles. The van der Waals surface area contributed by atoms with Gasteiger partial charge in [0.1, 0.15) is 6.29 Å². The molecule has 0 N–H and O–H groups in total. The fourth-order valence-electron chi connectivity index (χ4n) is 1.45. The van der Waals surface area contributed by atoms with E-state index in [0.717, 1.165) is 5.56 Å². The summed E-state index contributed by atoms with van der Waals surface area (Å²) < 4.78 is 4.82. The number of hydrogen-bond acceptors (Lipinski definition) is 3. The highest BCUT2D eigenvalue weighted by atomic mass is 35.5. The second-order valence-corrected chi connectivity index (χ2v) is 3.82. The summed E-state index contributed by atoms with van der Waals surface area (Å²) in [5.41, 5.74) is 1.86. The number of esters is 1. The molecule has 0 heterocycles. The molecule has 86 valence electrons. The van der Waals surface area contributed by atoms with Crippen molar-refractivity contribution in [2.75, 3.05) is 6.61 Å². The van der Waals surface area contributed by atoms with Crippen LogP contribution in [0.2, 0.25) is 5.02 Å². The molecule has 0 unspecified atom stereocenters. The fraction of sp³-hybridized carbons (Fsp3) is 0.333. The molecule has 0 aromatic heterocycles. The number of hydrogen-bond donors (Lipinski definition) is 0. The molecule has 0 atom stereocenters. The highest BCUT2D eigenvalue weighted by molar-refractivity contribution is 6.32. The van der Waals surface area contributed by atoms with Crippen LogP contribution in [0.25, 0.3) is 0 Å². The van der Waals surface area contributed by atoms with Crippen LogP contribution in [0.4, 0.5) is 0 Å². The molecule has 0 radical (unpaired) electrons. The van der Waals surface area contributed by atoms with Crippen LogP contribution in [-0.2, 0) is 16.0 Å². The van der Waals surface area contributed by atoms with E-state index in [1.807, 2.05) is 6.92 Å². The van der Waals surface area contributed by atoms with Crippen LogP contribution in [0.1, 0.15) is 28.4 Å². The Labute approximate surface area is 99.4 Å². The molecule has 0 bridgehead atoms. The van der Waals surface area contributed by atoms with Gasteiger partial charge in [0.25, 0.3) is 0 Å². The van der Waals surface area contributed by atoms with Crippen LogP contribution in [0, 0.1) is 6.92 Å². The molecular weight excluding hydrogens is 228 g/mol. The van der Waals surface area contributed by atoms with E-state index < -0.39 is 0 Å². The summed E-state index contributed by atoms with van der Waals surface area (Å²) in [5, 5.41) is 0.426. The van der Waals surface area contributed by atoms with Gasteiger partial charge in [0, 0.05) is 10.6 Å². The van der Waals surface area contributed by atoms with Crippen molar-refractivity contribution >= 4 is 23.9 Å². The largest absolute Gasteiger partial charge is 0.466 e. The topological polar surface area (TPSA) is 43.4 Å². The SMILES string of the molecule is CCOC(=O)Cc1c(Cl)cc(C)cc1C=O. The van der Waals surface area contributed by atoms with Crippen LogP contribution in [0.5, 0.6) is 0 Å². The molecule has 0 aliphatic rings. The van der Waals surface area contributed by atoms with Crippen LogP contribution < -0.4 is 0 Å². The molecule has 4 heteroatoms. The van der Waals surface area contributed by atoms with Gasteiger partial charge in [-0.05, 0) is 37.1 Å². The zero-order valence-electron chi connectivity index (χ0n) is 9.25. The maximum atomic E-state index is 11.3. The molecule has 0 fully saturated rings. The molecule has 0 saturated carbocycles. The minimum absolute atomic E-state index is 0.0288. The maximum Gasteiger partial charge on any atom is 0.310 e. The number of carbonyl (C=O) groups is 2. The lowest BCUT2D eigenvalue weighted by atomic mass is 10.0. The van der Waals surface area contributed by atoms with Crippen molar-refractivity contribution in [3.63, 3.8) is 0 Å². The lowest BCUT2D eigenvalue weighted by molar-refractivity contribution is -0.142. The molecule has 1 aromatic carbocycles. The van der Waals surface area contributed by atoms with Crippen molar-refractivity contribution in [1.82, 2.24) is 0 Å². The van der Waals surface area contributed by atoms with Gasteiger partial charge in [-0.1, -0.05) is 11.6 Å². The van der Waals surface area contributed by atoms with E-state index >= 15 is 0 Å². The zero-order chi connectivity index (χ0) is 12.1. The highest BCUT2D eigenvalue weighted by Gasteiger charge is 2.12. The van der Waals surface area contributed by atoms with E-state index in [2.05, 4.69) is 0 Å². The molecule has 0 saturated heterocycles. The number of carbonyl (C=O) groups excluding carboxylic acids is 2. The molecule has 0 aliphatic heterocycles. The first-order valence-corrected chi connectivity index (χ1v) is 5.36. The van der Waals surface area contributed by atoms with E-state index in [9.17, 15) is 9.59 Å². The molecule has 1 rings (SSSR count). The number of ether oxygens (including phenoxy) is 1. The van der Waals surface area contributed by atoms with E-state index in [-0.39, 0.29) is 12.4 Å². The van der Waals surface area contributed by atoms with E-state index in [1.165, 1.54) is 0 Å². The summed E-state index contributed by atoms with van der Waals surface area (Å²) in [6.07, 6.45) is 0.731. The Balaban J connectivity index is 3.02. The van der Waals surface area contributed by atoms with Crippen molar-refractivity contribution in [2.24, 2.45) is 0 Å². The molecule has 0 amide bonds. The van der Waals surface area contributed by atoms with Gasteiger partial charge >= 0.3 is 5.97 Å². The number of aryl methyl sites for hydroxylation is 1. The highest BCUT2D eigenvalue weighted by Crippen LogP contribution is 2.22. The summed E-state index contributed by atoms with van der Waals surface area (Å²) >= 11 is 5.99. The Hall–Kier alpha value is -1.35. The smallest absolute Gasteiger partial charge is 0.310 e. The van der Waals surface area contributed by atoms with Gasteiger partial charge in [0.2, 0.25) is 0 Å². The standard InChI is InChI=1S/C12H13ClO3/c1-3-16-12(15)6-10-9(7-14)4-8(2)5-11(10)13/h4-5,7H,3,6H2,1-2H3. The van der Waals surface area contributed by atoms with Crippen molar-refractivity contribution in [1.29, 1.82) is 0 Å². The first kappa shape index (κ1) is 12.7. The minimum Gasteiger partial charge on any atom is -0.466 e. The van der Waals surface area contributed by atoms with Crippen LogP contribution in [0.3, 0.4) is 0 Å². The zero-order valence-corrected chi connectivity index (χ0v) is 10.0. The Morgan fingerprint density at radius 1 is 1.50 bits per heavy atom. The number of halogens is 1. The minimum atomic E-state index is -0.378. The third-order valence-corrected chi connectivity index (χ3v) is 2.46. The van der Waals surface area contributed by atoms with Crippen LogP contribution >= 0.6 is 11.6 Å². The van der Waals surface area contributed by atoms with Crippen molar-refractivity contribution in [3.8, 4) is 0 Å². The number of benzene rings is 1. The van der Waals surface area contributed by atoms with Crippen LogP contribution in [-0.4, -0.2) is 18.9 Å². The van der Waals surface area contributed by atoms with E-state index in [4.69, 9.17) is 16.3 Å². The predicted octanol–water partition coefficient (Wildman–Crippen LogP) is 2.57. The van der Waals surface area contributed by atoms with Crippen molar-refractivity contribution in [3.05, 3.63) is 33.8 Å². The second kappa shape index (κ2) is 5.66. The van der Waals surface area contributed by atoms with Gasteiger partial charge in [-0.15, -0.1) is 0 Å². The summed E-state index contributed by atoms with van der Waals surface area (Å²) in [5.74, 6) is -0.378. The van der Waals surface area contributed by atoms with Gasteiger partial charge in [0.15, 0.2) is 0 Å². The Morgan fingerprint density at radius 3 is 2.75 bits per heavy atom. The van der Waals surface area contributed by atoms with E-state index in [0.29, 0.717) is 29.0 Å². The summed E-state index contributed by atoms with van der Waals surface area (Å²) in [6.45, 7) is 3.89. The summed E-state index contributed by atoms with van der Waals surface area (Å²) in [7, 11) is 0.